The quantitative estimate of drug-likeness (QED) is 0.483. The second-order valence-corrected chi connectivity index (χ2v) is 9.53. The molecule has 4 heteroatoms. The molecule has 146 valence electrons. The molecule has 0 spiro atoms. The van der Waals surface area contributed by atoms with Crippen LogP contribution in [0.15, 0.2) is 0 Å². The van der Waals surface area contributed by atoms with E-state index >= 15 is 0 Å². The van der Waals surface area contributed by atoms with E-state index in [0.29, 0.717) is 11.8 Å². The van der Waals surface area contributed by atoms with Crippen molar-refractivity contribution in [2.75, 3.05) is 26.2 Å². The Balaban J connectivity index is 2.00. The Morgan fingerprint density at radius 2 is 1.08 bits per heavy atom. The summed E-state index contributed by atoms with van der Waals surface area (Å²) in [5, 5.41) is 19.9. The minimum absolute atomic E-state index is 0.149. The Labute approximate surface area is 159 Å². The largest absolute Gasteiger partial charge is 0.392 e. The number of hydrogen-bond donors (Lipinski definition) is 4. The molecule has 0 aromatic rings. The molecule has 2 unspecified atom stereocenters. The summed E-state index contributed by atoms with van der Waals surface area (Å²) in [6.45, 7) is 16.8. The SMILES string of the molecule is C[C@@H]1C[NH+](C(C)(C)C#CC#CC(C)(C)[NH+]2CC[C@H](O)[C@H](C)C2)CC[C@@H]1O. The molecule has 2 aliphatic heterocycles. The normalized spacial score (nSPS) is 35.7. The van der Waals surface area contributed by atoms with Crippen molar-refractivity contribution in [1.82, 2.24) is 0 Å². The van der Waals surface area contributed by atoms with E-state index in [1.165, 1.54) is 9.80 Å². The highest BCUT2D eigenvalue weighted by atomic mass is 16.3. The van der Waals surface area contributed by atoms with E-state index in [1.54, 1.807) is 0 Å². The first-order valence-electron chi connectivity index (χ1n) is 10.1. The highest BCUT2D eigenvalue weighted by Crippen LogP contribution is 2.10. The first kappa shape index (κ1) is 21.3. The Hall–Kier alpha value is -1.04. The lowest BCUT2D eigenvalue weighted by Gasteiger charge is -2.38. The number of quaternary nitrogens is 2. The smallest absolute Gasteiger partial charge is 0.154 e. The standard InChI is InChI=1S/C22H36N2O2/c1-17-15-23(13-9-19(17)25)21(3,4)11-7-8-12-22(5,6)24-14-10-20(26)18(2)16-24/h17-20,25-26H,9-10,13-16H2,1-6H3/p+2/t17-,18-,19+,20+/m1/s1. The molecular formula is C22H38N2O2+2. The summed E-state index contributed by atoms with van der Waals surface area (Å²) in [6.07, 6.45) is 1.36. The summed E-state index contributed by atoms with van der Waals surface area (Å²) >= 11 is 0. The van der Waals surface area contributed by atoms with Crippen LogP contribution in [0, 0.1) is 35.5 Å². The Bertz CT molecular complexity index is 551. The van der Waals surface area contributed by atoms with Gasteiger partial charge < -0.3 is 20.0 Å². The summed E-state index contributed by atoms with van der Waals surface area (Å²) in [7, 11) is 0. The highest BCUT2D eigenvalue weighted by Gasteiger charge is 2.37. The number of likely N-dealkylation sites (tertiary alicyclic amines) is 2. The van der Waals surface area contributed by atoms with Crippen LogP contribution in [0.2, 0.25) is 0 Å². The molecule has 2 saturated heterocycles. The molecule has 0 bridgehead atoms. The average Bonchev–Trinajstić information content (AvgIpc) is 2.56. The van der Waals surface area contributed by atoms with E-state index in [9.17, 15) is 10.2 Å². The molecule has 2 fully saturated rings. The second kappa shape index (κ2) is 8.32. The summed E-state index contributed by atoms with van der Waals surface area (Å²) in [5.41, 5.74) is -0.298. The molecule has 4 nitrogen and oxygen atoms in total. The van der Waals surface area contributed by atoms with Crippen LogP contribution in [0.3, 0.4) is 0 Å². The fourth-order valence-electron chi connectivity index (χ4n) is 4.15. The fourth-order valence-corrected chi connectivity index (χ4v) is 4.15. The average molecular weight is 363 g/mol. The molecule has 0 amide bonds. The van der Waals surface area contributed by atoms with Crippen molar-refractivity contribution in [3.05, 3.63) is 0 Å². The van der Waals surface area contributed by atoms with E-state index in [-0.39, 0.29) is 23.3 Å². The van der Waals surface area contributed by atoms with Crippen LogP contribution in [0.5, 0.6) is 0 Å². The Morgan fingerprint density at radius 1 is 0.731 bits per heavy atom. The number of hydrogen-bond acceptors (Lipinski definition) is 2. The topological polar surface area (TPSA) is 49.3 Å². The first-order valence-corrected chi connectivity index (χ1v) is 10.1. The molecule has 2 heterocycles. The minimum atomic E-state index is -0.170. The molecule has 4 N–H and O–H groups in total. The van der Waals surface area contributed by atoms with E-state index in [4.69, 9.17) is 0 Å². The van der Waals surface area contributed by atoms with Crippen molar-refractivity contribution in [3.63, 3.8) is 0 Å². The van der Waals surface area contributed by atoms with Gasteiger partial charge in [0.1, 0.15) is 0 Å². The fraction of sp³-hybridized carbons (Fsp3) is 0.818. The third kappa shape index (κ3) is 5.24. The van der Waals surface area contributed by atoms with Crippen molar-refractivity contribution < 1.29 is 20.0 Å². The van der Waals surface area contributed by atoms with Crippen LogP contribution < -0.4 is 9.80 Å². The molecular weight excluding hydrogens is 324 g/mol. The van der Waals surface area contributed by atoms with E-state index in [2.05, 4.69) is 65.2 Å². The lowest BCUT2D eigenvalue weighted by atomic mass is 9.91. The van der Waals surface area contributed by atoms with E-state index < -0.39 is 0 Å². The maximum absolute atomic E-state index is 9.93. The zero-order valence-electron chi connectivity index (χ0n) is 17.4. The molecule has 0 saturated carbocycles. The van der Waals surface area contributed by atoms with Gasteiger partial charge in [0.25, 0.3) is 0 Å². The first-order chi connectivity index (χ1) is 12.0. The number of rotatable bonds is 2. The van der Waals surface area contributed by atoms with Crippen LogP contribution in [-0.2, 0) is 0 Å². The van der Waals surface area contributed by atoms with Crippen LogP contribution in [0.25, 0.3) is 0 Å². The lowest BCUT2D eigenvalue weighted by Crippen LogP contribution is -3.21. The van der Waals surface area contributed by atoms with Crippen LogP contribution in [0.1, 0.15) is 54.4 Å². The monoisotopic (exact) mass is 362 g/mol. The maximum Gasteiger partial charge on any atom is 0.154 e. The number of aliphatic hydroxyl groups is 2. The van der Waals surface area contributed by atoms with Gasteiger partial charge in [0.2, 0.25) is 0 Å². The maximum atomic E-state index is 9.93. The molecule has 26 heavy (non-hydrogen) atoms. The zero-order valence-corrected chi connectivity index (χ0v) is 17.4. The molecule has 2 rings (SSSR count). The van der Waals surface area contributed by atoms with Crippen molar-refractivity contribution in [2.45, 2.75) is 77.7 Å². The van der Waals surface area contributed by atoms with Gasteiger partial charge in [-0.1, -0.05) is 13.8 Å². The Morgan fingerprint density at radius 3 is 1.38 bits per heavy atom. The van der Waals surface area contributed by atoms with Gasteiger partial charge in [0.15, 0.2) is 11.1 Å². The minimum Gasteiger partial charge on any atom is -0.392 e. The molecule has 6 atom stereocenters. The van der Waals surface area contributed by atoms with Crippen LogP contribution >= 0.6 is 0 Å². The van der Waals surface area contributed by atoms with Crippen molar-refractivity contribution in [2.24, 2.45) is 11.8 Å². The summed E-state index contributed by atoms with van der Waals surface area (Å²) < 4.78 is 0. The van der Waals surface area contributed by atoms with Crippen LogP contribution in [-0.4, -0.2) is 59.7 Å². The molecule has 2 aliphatic rings. The number of aliphatic hydroxyl groups excluding tert-OH is 2. The second-order valence-electron chi connectivity index (χ2n) is 9.53. The van der Waals surface area contributed by atoms with Gasteiger partial charge in [-0.25, -0.2) is 0 Å². The van der Waals surface area contributed by atoms with E-state index in [0.717, 1.165) is 39.0 Å². The molecule has 0 aromatic heterocycles. The Kier molecular flexibility index (Phi) is 6.81. The van der Waals surface area contributed by atoms with Crippen molar-refractivity contribution in [3.8, 4) is 23.7 Å². The van der Waals surface area contributed by atoms with Gasteiger partial charge in [-0.05, 0) is 23.7 Å². The third-order valence-corrected chi connectivity index (χ3v) is 6.51. The predicted molar refractivity (Wildman–Crippen MR) is 105 cm³/mol. The van der Waals surface area contributed by atoms with Gasteiger partial charge in [0.05, 0.1) is 38.4 Å². The van der Waals surface area contributed by atoms with Crippen molar-refractivity contribution in [1.29, 1.82) is 0 Å². The lowest BCUT2D eigenvalue weighted by molar-refractivity contribution is -0.948. The summed E-state index contributed by atoms with van der Waals surface area (Å²) in [5.74, 6) is 13.6. The summed E-state index contributed by atoms with van der Waals surface area (Å²) in [6, 6.07) is 0. The molecule has 0 radical (unpaired) electrons. The van der Waals surface area contributed by atoms with Crippen molar-refractivity contribution >= 4 is 0 Å². The van der Waals surface area contributed by atoms with Gasteiger partial charge in [-0.3, -0.25) is 0 Å². The van der Waals surface area contributed by atoms with E-state index in [1.807, 2.05) is 0 Å². The van der Waals surface area contributed by atoms with Gasteiger partial charge in [0, 0.05) is 52.4 Å². The molecule has 0 aromatic carbocycles. The summed E-state index contributed by atoms with van der Waals surface area (Å²) in [4.78, 5) is 2.88. The van der Waals surface area contributed by atoms with Gasteiger partial charge in [-0.15, -0.1) is 0 Å². The van der Waals surface area contributed by atoms with Gasteiger partial charge >= 0.3 is 0 Å². The van der Waals surface area contributed by atoms with Gasteiger partial charge in [-0.2, -0.15) is 0 Å². The van der Waals surface area contributed by atoms with Crippen LogP contribution in [0.4, 0.5) is 0 Å². The number of nitrogens with one attached hydrogen (secondary N) is 2. The third-order valence-electron chi connectivity index (χ3n) is 6.51. The predicted octanol–water partition coefficient (Wildman–Crippen LogP) is -0.878. The molecule has 0 aliphatic carbocycles. The number of piperidine rings is 2. The highest BCUT2D eigenvalue weighted by molar-refractivity contribution is 5.31. The zero-order chi connectivity index (χ0) is 19.5.